The Morgan fingerprint density at radius 3 is 2.60 bits per heavy atom. The Morgan fingerprint density at radius 1 is 1.50 bits per heavy atom. The van der Waals surface area contributed by atoms with Crippen molar-refractivity contribution in [3.63, 3.8) is 0 Å². The highest BCUT2D eigenvalue weighted by molar-refractivity contribution is 7.99. The number of hydrogen-bond donors (Lipinski definition) is 1. The molecule has 1 N–H and O–H groups in total. The second-order valence-electron chi connectivity index (χ2n) is 1.91. The van der Waals surface area contributed by atoms with E-state index in [1.165, 1.54) is 4.21 Å². The quantitative estimate of drug-likeness (QED) is 0.694. The molecule has 0 aliphatic heterocycles. The summed E-state index contributed by atoms with van der Waals surface area (Å²) < 4.78 is 4.29. The van der Waals surface area contributed by atoms with Crippen molar-refractivity contribution in [2.24, 2.45) is 0 Å². The summed E-state index contributed by atoms with van der Waals surface area (Å²) in [7, 11) is 1.92. The van der Waals surface area contributed by atoms with Gasteiger partial charge in [0.1, 0.15) is 0 Å². The van der Waals surface area contributed by atoms with Crippen LogP contribution < -0.4 is 4.72 Å². The van der Waals surface area contributed by atoms with E-state index < -0.39 is 0 Å². The lowest BCUT2D eigenvalue weighted by molar-refractivity contribution is 1.16. The van der Waals surface area contributed by atoms with E-state index in [4.69, 9.17) is 0 Å². The van der Waals surface area contributed by atoms with Crippen molar-refractivity contribution in [3.8, 4) is 0 Å². The van der Waals surface area contributed by atoms with Crippen LogP contribution in [0.1, 0.15) is 10.7 Å². The maximum absolute atomic E-state index is 4.29. The predicted molar refractivity (Wildman–Crippen MR) is 46.5 cm³/mol. The van der Waals surface area contributed by atoms with Crippen LogP contribution in [0.3, 0.4) is 0 Å². The van der Waals surface area contributed by atoms with Gasteiger partial charge in [-0.3, -0.25) is 4.72 Å². The standard InChI is InChI=1S/C6H10N2S2/c1-4-6(10-7-3)9-5(2)8-4/h7H,1-3H3. The summed E-state index contributed by atoms with van der Waals surface area (Å²) in [6, 6.07) is 0. The summed E-state index contributed by atoms with van der Waals surface area (Å²) in [5, 5.41) is 1.13. The molecule has 56 valence electrons. The minimum absolute atomic E-state index is 1.13. The van der Waals surface area contributed by atoms with Gasteiger partial charge in [-0.1, -0.05) is 0 Å². The molecule has 0 unspecified atom stereocenters. The molecule has 0 atom stereocenters. The molecule has 0 aromatic carbocycles. The lowest BCUT2D eigenvalue weighted by atomic mass is 10.6. The van der Waals surface area contributed by atoms with Crippen LogP contribution in [0.25, 0.3) is 0 Å². The molecule has 4 heteroatoms. The normalized spacial score (nSPS) is 10.3. The summed E-state index contributed by atoms with van der Waals surface area (Å²) in [5.41, 5.74) is 1.13. The van der Waals surface area contributed by atoms with Crippen molar-refractivity contribution in [3.05, 3.63) is 10.7 Å². The zero-order valence-electron chi connectivity index (χ0n) is 6.26. The van der Waals surface area contributed by atoms with Crippen LogP contribution in [0.5, 0.6) is 0 Å². The van der Waals surface area contributed by atoms with Gasteiger partial charge in [-0.05, 0) is 32.8 Å². The molecule has 0 saturated carbocycles. The van der Waals surface area contributed by atoms with Crippen LogP contribution in [0, 0.1) is 13.8 Å². The Bertz CT molecular complexity index is 220. The fourth-order valence-corrected chi connectivity index (χ4v) is 2.50. The zero-order valence-corrected chi connectivity index (χ0v) is 7.90. The van der Waals surface area contributed by atoms with Crippen LogP contribution in [0.4, 0.5) is 0 Å². The second-order valence-corrected chi connectivity index (χ2v) is 4.39. The lowest BCUT2D eigenvalue weighted by Gasteiger charge is -1.91. The molecule has 2 nitrogen and oxygen atoms in total. The topological polar surface area (TPSA) is 24.9 Å². The summed E-state index contributed by atoms with van der Waals surface area (Å²) in [4.78, 5) is 4.29. The van der Waals surface area contributed by atoms with Gasteiger partial charge in [0, 0.05) is 0 Å². The molecule has 0 aliphatic carbocycles. The number of aromatic nitrogens is 1. The van der Waals surface area contributed by atoms with Gasteiger partial charge in [-0.2, -0.15) is 0 Å². The van der Waals surface area contributed by atoms with Crippen molar-refractivity contribution >= 4 is 23.3 Å². The van der Waals surface area contributed by atoms with Crippen LogP contribution >= 0.6 is 23.3 Å². The molecule has 1 rings (SSSR count). The monoisotopic (exact) mass is 174 g/mol. The average Bonchev–Trinajstić information content (AvgIpc) is 2.13. The molecule has 0 aliphatic rings. The number of aryl methyl sites for hydroxylation is 2. The fourth-order valence-electron chi connectivity index (χ4n) is 0.700. The highest BCUT2D eigenvalue weighted by Crippen LogP contribution is 2.25. The van der Waals surface area contributed by atoms with Gasteiger partial charge in [0.05, 0.1) is 14.9 Å². The van der Waals surface area contributed by atoms with E-state index in [1.807, 2.05) is 20.9 Å². The van der Waals surface area contributed by atoms with Crippen LogP contribution in [0.2, 0.25) is 0 Å². The van der Waals surface area contributed by atoms with E-state index >= 15 is 0 Å². The number of nitrogens with zero attached hydrogens (tertiary/aromatic N) is 1. The van der Waals surface area contributed by atoms with Crippen molar-refractivity contribution in [2.75, 3.05) is 7.05 Å². The molecule has 1 aromatic heterocycles. The highest BCUT2D eigenvalue weighted by atomic mass is 32.2. The maximum atomic E-state index is 4.29. The number of thiazole rings is 1. The lowest BCUT2D eigenvalue weighted by Crippen LogP contribution is -1.89. The van der Waals surface area contributed by atoms with Crippen LogP contribution in [0.15, 0.2) is 4.21 Å². The molecule has 0 radical (unpaired) electrons. The largest absolute Gasteiger partial charge is 0.262 e. The molecule has 10 heavy (non-hydrogen) atoms. The van der Waals surface area contributed by atoms with Gasteiger partial charge in [-0.15, -0.1) is 11.3 Å². The van der Waals surface area contributed by atoms with Gasteiger partial charge >= 0.3 is 0 Å². The molecule has 0 amide bonds. The minimum Gasteiger partial charge on any atom is -0.262 e. The van der Waals surface area contributed by atoms with Gasteiger partial charge < -0.3 is 0 Å². The molecule has 1 aromatic rings. The van der Waals surface area contributed by atoms with Gasteiger partial charge in [0.2, 0.25) is 0 Å². The third-order valence-electron chi connectivity index (χ3n) is 1.06. The molecule has 0 fully saturated rings. The molecule has 0 saturated heterocycles. The average molecular weight is 174 g/mol. The minimum atomic E-state index is 1.13. The Hall–Kier alpha value is -0.0600. The molecule has 1 heterocycles. The summed E-state index contributed by atoms with van der Waals surface area (Å²) in [6.07, 6.45) is 0. The number of hydrogen-bond acceptors (Lipinski definition) is 4. The van der Waals surface area contributed by atoms with E-state index in [1.54, 1.807) is 23.3 Å². The first kappa shape index (κ1) is 8.04. The Balaban J connectivity index is 2.81. The van der Waals surface area contributed by atoms with Crippen LogP contribution in [-0.2, 0) is 0 Å². The van der Waals surface area contributed by atoms with Crippen molar-refractivity contribution in [2.45, 2.75) is 18.1 Å². The summed E-state index contributed by atoms with van der Waals surface area (Å²) in [6.45, 7) is 4.06. The molecular formula is C6H10N2S2. The van der Waals surface area contributed by atoms with E-state index in [0.717, 1.165) is 10.7 Å². The van der Waals surface area contributed by atoms with Crippen LogP contribution in [-0.4, -0.2) is 12.0 Å². The summed E-state index contributed by atoms with van der Waals surface area (Å²) in [5.74, 6) is 0. The Labute approximate surface area is 69.2 Å². The zero-order chi connectivity index (χ0) is 7.56. The third-order valence-corrected chi connectivity index (χ3v) is 3.11. The SMILES string of the molecule is CNSc1sc(C)nc1C. The number of nitrogens with one attached hydrogen (secondary N) is 1. The number of rotatable bonds is 2. The molecular weight excluding hydrogens is 164 g/mol. The van der Waals surface area contributed by atoms with Gasteiger partial charge in [-0.25, -0.2) is 4.98 Å². The van der Waals surface area contributed by atoms with E-state index in [-0.39, 0.29) is 0 Å². The maximum Gasteiger partial charge on any atom is 0.0981 e. The molecule has 0 bridgehead atoms. The van der Waals surface area contributed by atoms with E-state index in [0.29, 0.717) is 0 Å². The van der Waals surface area contributed by atoms with Crippen molar-refractivity contribution in [1.29, 1.82) is 0 Å². The first-order chi connectivity index (χ1) is 4.74. The first-order valence-corrected chi connectivity index (χ1v) is 4.65. The predicted octanol–water partition coefficient (Wildman–Crippen LogP) is 1.99. The van der Waals surface area contributed by atoms with Crippen molar-refractivity contribution in [1.82, 2.24) is 9.71 Å². The summed E-state index contributed by atoms with van der Waals surface area (Å²) >= 11 is 3.36. The third kappa shape index (κ3) is 1.71. The Morgan fingerprint density at radius 2 is 2.20 bits per heavy atom. The van der Waals surface area contributed by atoms with E-state index in [9.17, 15) is 0 Å². The van der Waals surface area contributed by atoms with Gasteiger partial charge in [0.15, 0.2) is 0 Å². The molecule has 0 spiro atoms. The highest BCUT2D eigenvalue weighted by Gasteiger charge is 2.02. The fraction of sp³-hybridized carbons (Fsp3) is 0.500. The Kier molecular flexibility index (Phi) is 2.71. The van der Waals surface area contributed by atoms with Crippen molar-refractivity contribution < 1.29 is 0 Å². The second kappa shape index (κ2) is 3.37. The smallest absolute Gasteiger partial charge is 0.0981 e. The first-order valence-electron chi connectivity index (χ1n) is 3.01. The van der Waals surface area contributed by atoms with E-state index in [2.05, 4.69) is 9.71 Å². The van der Waals surface area contributed by atoms with Gasteiger partial charge in [0.25, 0.3) is 0 Å².